The molecule has 1 aromatic heterocycles. The molecule has 3 rings (SSSR count). The molecule has 0 radical (unpaired) electrons. The summed E-state index contributed by atoms with van der Waals surface area (Å²) in [4.78, 5) is 25.4. The number of carbonyl (C=O) groups is 2. The van der Waals surface area contributed by atoms with Crippen LogP contribution in [0.2, 0.25) is 0 Å². The first-order chi connectivity index (χ1) is 10.5. The maximum Gasteiger partial charge on any atom is 0.331 e. The third-order valence-electron chi connectivity index (χ3n) is 3.23. The fourth-order valence-electron chi connectivity index (χ4n) is 2.28. The normalized spacial score (nSPS) is 13.5. The lowest BCUT2D eigenvalue weighted by atomic mass is 10.1. The van der Waals surface area contributed by atoms with E-state index in [0.29, 0.717) is 17.3 Å². The zero-order valence-corrected chi connectivity index (χ0v) is 12.3. The number of benzene rings is 1. The molecule has 0 saturated carbocycles. The van der Waals surface area contributed by atoms with Crippen LogP contribution in [0.5, 0.6) is 5.75 Å². The second kappa shape index (κ2) is 5.51. The predicted molar refractivity (Wildman–Crippen MR) is 78.9 cm³/mol. The Balaban J connectivity index is 1.75. The van der Waals surface area contributed by atoms with E-state index >= 15 is 0 Å². The lowest BCUT2D eigenvalue weighted by Crippen LogP contribution is -2.41. The molecule has 22 heavy (non-hydrogen) atoms. The average Bonchev–Trinajstić information content (AvgIpc) is 2.83. The van der Waals surface area contributed by atoms with Gasteiger partial charge in [-0.3, -0.25) is 4.79 Å². The Morgan fingerprint density at radius 3 is 2.91 bits per heavy atom. The first kappa shape index (κ1) is 14.1. The minimum absolute atomic E-state index is 0.0249. The minimum atomic E-state index is -0.386. The van der Waals surface area contributed by atoms with Gasteiger partial charge in [-0.2, -0.15) is 0 Å². The summed E-state index contributed by atoms with van der Waals surface area (Å²) in [5.74, 6) is 0.767. The molecule has 0 aliphatic carbocycles. The van der Waals surface area contributed by atoms with Gasteiger partial charge >= 0.3 is 5.97 Å². The number of carbonyl (C=O) groups excluding carboxylic acids is 2. The third kappa shape index (κ3) is 2.93. The molecule has 1 aromatic carbocycles. The fraction of sp³-hybridized carbons (Fsp3) is 0.267. The summed E-state index contributed by atoms with van der Waals surface area (Å²) < 4.78 is 10.1. The van der Waals surface area contributed by atoms with Crippen LogP contribution in [0.4, 0.5) is 11.5 Å². The molecule has 0 saturated heterocycles. The molecule has 1 amide bonds. The number of esters is 1. The number of hydrogen-bond acceptors (Lipinski definition) is 6. The highest BCUT2D eigenvalue weighted by Gasteiger charge is 2.25. The van der Waals surface area contributed by atoms with Crippen LogP contribution < -0.4 is 15.0 Å². The highest BCUT2D eigenvalue weighted by atomic mass is 16.5. The topological polar surface area (TPSA) is 84.7 Å². The molecular weight excluding hydrogens is 286 g/mol. The van der Waals surface area contributed by atoms with Crippen molar-refractivity contribution in [3.05, 3.63) is 35.6 Å². The number of aryl methyl sites for hydroxylation is 2. The maximum absolute atomic E-state index is 12.1. The monoisotopic (exact) mass is 301 g/mol. The Bertz CT molecular complexity index is 738. The van der Waals surface area contributed by atoms with Gasteiger partial charge in [0, 0.05) is 6.07 Å². The van der Waals surface area contributed by atoms with Crippen molar-refractivity contribution in [2.45, 2.75) is 13.8 Å². The van der Waals surface area contributed by atoms with Crippen molar-refractivity contribution in [2.75, 3.05) is 23.3 Å². The third-order valence-corrected chi connectivity index (χ3v) is 3.23. The van der Waals surface area contributed by atoms with Gasteiger partial charge < -0.3 is 19.5 Å². The largest absolute Gasteiger partial charge is 0.423 e. The van der Waals surface area contributed by atoms with Gasteiger partial charge in [-0.25, -0.2) is 4.79 Å². The first-order valence-corrected chi connectivity index (χ1v) is 6.81. The first-order valence-electron chi connectivity index (χ1n) is 6.81. The van der Waals surface area contributed by atoms with Crippen LogP contribution in [0.15, 0.2) is 28.8 Å². The molecule has 7 heteroatoms. The number of anilines is 2. The summed E-state index contributed by atoms with van der Waals surface area (Å²) in [7, 11) is 0. The van der Waals surface area contributed by atoms with Crippen LogP contribution in [-0.4, -0.2) is 30.1 Å². The quantitative estimate of drug-likeness (QED) is 0.685. The van der Waals surface area contributed by atoms with Gasteiger partial charge in [-0.15, -0.1) is 0 Å². The van der Waals surface area contributed by atoms with Gasteiger partial charge in [0.25, 0.3) is 0 Å². The second-order valence-electron chi connectivity index (χ2n) is 5.17. The van der Waals surface area contributed by atoms with Crippen LogP contribution in [0.3, 0.4) is 0 Å². The molecule has 0 atom stereocenters. The number of ether oxygens (including phenoxy) is 1. The van der Waals surface area contributed by atoms with Gasteiger partial charge in [0.05, 0.1) is 12.2 Å². The van der Waals surface area contributed by atoms with Crippen LogP contribution in [0, 0.1) is 13.8 Å². The molecule has 0 bridgehead atoms. The van der Waals surface area contributed by atoms with E-state index in [1.165, 1.54) is 0 Å². The number of nitrogens with one attached hydrogen (secondary N) is 1. The van der Waals surface area contributed by atoms with E-state index in [1.807, 2.05) is 19.1 Å². The number of rotatable bonds is 3. The Labute approximate surface area is 126 Å². The summed E-state index contributed by atoms with van der Waals surface area (Å²) in [5.41, 5.74) is 1.70. The van der Waals surface area contributed by atoms with E-state index in [4.69, 9.17) is 9.26 Å². The van der Waals surface area contributed by atoms with Gasteiger partial charge in [0.1, 0.15) is 12.3 Å². The van der Waals surface area contributed by atoms with E-state index < -0.39 is 0 Å². The highest BCUT2D eigenvalue weighted by molar-refractivity contribution is 5.95. The van der Waals surface area contributed by atoms with Gasteiger partial charge in [-0.1, -0.05) is 11.2 Å². The molecule has 0 spiro atoms. The summed E-state index contributed by atoms with van der Waals surface area (Å²) in [6, 6.07) is 7.15. The number of amides is 1. The van der Waals surface area contributed by atoms with Crippen molar-refractivity contribution in [1.29, 1.82) is 0 Å². The molecule has 1 N–H and O–H groups in total. The van der Waals surface area contributed by atoms with Crippen molar-refractivity contribution in [2.24, 2.45) is 0 Å². The second-order valence-corrected chi connectivity index (χ2v) is 5.17. The lowest BCUT2D eigenvalue weighted by Gasteiger charge is -2.29. The molecule has 114 valence electrons. The summed E-state index contributed by atoms with van der Waals surface area (Å²) in [6.07, 6.45) is 0. The smallest absolute Gasteiger partial charge is 0.331 e. The Kier molecular flexibility index (Phi) is 3.54. The van der Waals surface area contributed by atoms with E-state index in [0.717, 1.165) is 11.3 Å². The maximum atomic E-state index is 12.1. The van der Waals surface area contributed by atoms with Crippen LogP contribution >= 0.6 is 0 Å². The SMILES string of the molecule is Cc1ccc2c(c1)OC(=O)CN2CC(=O)Nc1cc(C)on1. The van der Waals surface area contributed by atoms with E-state index in [-0.39, 0.29) is 25.0 Å². The average molecular weight is 301 g/mol. The Hall–Kier alpha value is -2.83. The Morgan fingerprint density at radius 1 is 1.36 bits per heavy atom. The zero-order chi connectivity index (χ0) is 15.7. The van der Waals surface area contributed by atoms with Crippen molar-refractivity contribution in [3.8, 4) is 5.75 Å². The molecule has 2 heterocycles. The summed E-state index contributed by atoms with van der Waals surface area (Å²) in [6.45, 7) is 3.70. The van der Waals surface area contributed by atoms with Gasteiger partial charge in [-0.05, 0) is 31.5 Å². The predicted octanol–water partition coefficient (Wildman–Crippen LogP) is 1.66. The zero-order valence-electron chi connectivity index (χ0n) is 12.3. The lowest BCUT2D eigenvalue weighted by molar-refractivity contribution is -0.133. The van der Waals surface area contributed by atoms with Crippen LogP contribution in [0.1, 0.15) is 11.3 Å². The van der Waals surface area contributed by atoms with Crippen molar-refractivity contribution in [1.82, 2.24) is 5.16 Å². The minimum Gasteiger partial charge on any atom is -0.423 e. The molecular formula is C15H15N3O4. The standard InChI is InChI=1S/C15H15N3O4/c1-9-3-4-11-12(5-9)21-15(20)8-18(11)7-14(19)16-13-6-10(2)22-17-13/h3-6H,7-8H2,1-2H3,(H,16,17,19). The van der Waals surface area contributed by atoms with Crippen LogP contribution in [0.25, 0.3) is 0 Å². The number of aromatic nitrogens is 1. The number of fused-ring (bicyclic) bond motifs is 1. The van der Waals surface area contributed by atoms with E-state index in [1.54, 1.807) is 24.0 Å². The van der Waals surface area contributed by atoms with Gasteiger partial charge in [0.2, 0.25) is 5.91 Å². The molecule has 0 fully saturated rings. The number of nitrogens with zero attached hydrogens (tertiary/aromatic N) is 2. The molecule has 1 aliphatic rings. The summed E-state index contributed by atoms with van der Waals surface area (Å²) >= 11 is 0. The van der Waals surface area contributed by atoms with Crippen molar-refractivity contribution >= 4 is 23.4 Å². The van der Waals surface area contributed by atoms with E-state index in [2.05, 4.69) is 10.5 Å². The molecule has 1 aliphatic heterocycles. The highest BCUT2D eigenvalue weighted by Crippen LogP contribution is 2.32. The fourth-order valence-corrected chi connectivity index (χ4v) is 2.28. The molecule has 2 aromatic rings. The number of hydrogen-bond donors (Lipinski definition) is 1. The summed E-state index contributed by atoms with van der Waals surface area (Å²) in [5, 5.41) is 6.33. The van der Waals surface area contributed by atoms with Crippen LogP contribution in [-0.2, 0) is 9.59 Å². The van der Waals surface area contributed by atoms with Crippen molar-refractivity contribution < 1.29 is 18.8 Å². The molecule has 0 unspecified atom stereocenters. The van der Waals surface area contributed by atoms with Gasteiger partial charge in [0.15, 0.2) is 11.6 Å². The Morgan fingerprint density at radius 2 is 2.18 bits per heavy atom. The van der Waals surface area contributed by atoms with E-state index in [9.17, 15) is 9.59 Å². The molecule has 7 nitrogen and oxygen atoms in total. The van der Waals surface area contributed by atoms with Crippen molar-refractivity contribution in [3.63, 3.8) is 0 Å².